The number of ketones is 1. The molecule has 0 aliphatic carbocycles. The fourth-order valence-electron chi connectivity index (χ4n) is 1.40. The molecule has 0 radical (unpaired) electrons. The number of carbonyl (C=O) groups excluding carboxylic acids is 1. The number of carbonyl (C=O) groups is 1. The molecule has 0 aliphatic heterocycles. The maximum Gasteiger partial charge on any atom is 0.179 e. The Morgan fingerprint density at radius 3 is 2.53 bits per heavy atom. The van der Waals surface area contributed by atoms with Gasteiger partial charge in [-0.05, 0) is 14.0 Å². The molecular formula is C12H17NO2. The monoisotopic (exact) mass is 207 g/mol. The second kappa shape index (κ2) is 5.63. The summed E-state index contributed by atoms with van der Waals surface area (Å²) in [4.78, 5) is 13.8. The van der Waals surface area contributed by atoms with Gasteiger partial charge in [-0.15, -0.1) is 0 Å². The summed E-state index contributed by atoms with van der Waals surface area (Å²) in [6.45, 7) is 2.44. The first-order valence-corrected chi connectivity index (χ1v) is 5.07. The minimum Gasteiger partial charge on any atom is -0.395 e. The molecule has 3 nitrogen and oxygen atoms in total. The zero-order valence-corrected chi connectivity index (χ0v) is 9.18. The van der Waals surface area contributed by atoms with Crippen molar-refractivity contribution in [2.24, 2.45) is 0 Å². The van der Waals surface area contributed by atoms with E-state index in [0.29, 0.717) is 6.54 Å². The maximum atomic E-state index is 11.9. The van der Waals surface area contributed by atoms with Gasteiger partial charge in [0, 0.05) is 12.1 Å². The van der Waals surface area contributed by atoms with Crippen LogP contribution in [0.25, 0.3) is 0 Å². The summed E-state index contributed by atoms with van der Waals surface area (Å²) < 4.78 is 0. The zero-order chi connectivity index (χ0) is 11.3. The summed E-state index contributed by atoms with van der Waals surface area (Å²) in [6.07, 6.45) is 0. The Balaban J connectivity index is 2.69. The number of nitrogens with zero attached hydrogens (tertiary/aromatic N) is 1. The van der Waals surface area contributed by atoms with E-state index in [1.807, 2.05) is 49.2 Å². The third-order valence-electron chi connectivity index (χ3n) is 2.55. The second-order valence-corrected chi connectivity index (χ2v) is 3.61. The van der Waals surface area contributed by atoms with Crippen molar-refractivity contribution >= 4 is 5.78 Å². The number of Topliss-reactive ketones (excluding diaryl/α,β-unsaturated/α-hetero) is 1. The van der Waals surface area contributed by atoms with Crippen molar-refractivity contribution in [2.75, 3.05) is 20.2 Å². The van der Waals surface area contributed by atoms with Crippen LogP contribution in [0.2, 0.25) is 0 Å². The molecule has 0 bridgehead atoms. The lowest BCUT2D eigenvalue weighted by Crippen LogP contribution is -2.37. The van der Waals surface area contributed by atoms with Crippen LogP contribution in [-0.2, 0) is 0 Å². The van der Waals surface area contributed by atoms with Gasteiger partial charge in [0.1, 0.15) is 0 Å². The largest absolute Gasteiger partial charge is 0.395 e. The molecule has 0 aliphatic rings. The number of hydrogen-bond donors (Lipinski definition) is 1. The zero-order valence-electron chi connectivity index (χ0n) is 9.18. The molecule has 1 aromatic rings. The van der Waals surface area contributed by atoms with E-state index in [2.05, 4.69) is 0 Å². The molecule has 0 fully saturated rings. The molecule has 0 saturated heterocycles. The molecule has 1 atom stereocenters. The predicted molar refractivity (Wildman–Crippen MR) is 60.0 cm³/mol. The van der Waals surface area contributed by atoms with E-state index in [9.17, 15) is 4.79 Å². The average molecular weight is 207 g/mol. The van der Waals surface area contributed by atoms with Crippen LogP contribution in [0.3, 0.4) is 0 Å². The van der Waals surface area contributed by atoms with E-state index in [-0.39, 0.29) is 18.4 Å². The van der Waals surface area contributed by atoms with Gasteiger partial charge >= 0.3 is 0 Å². The lowest BCUT2D eigenvalue weighted by molar-refractivity contribution is 0.0848. The van der Waals surface area contributed by atoms with Crippen molar-refractivity contribution in [1.82, 2.24) is 4.90 Å². The van der Waals surface area contributed by atoms with Crippen LogP contribution in [-0.4, -0.2) is 42.0 Å². The number of benzene rings is 1. The molecule has 0 spiro atoms. The first-order chi connectivity index (χ1) is 7.16. The first kappa shape index (κ1) is 11.9. The Bertz CT molecular complexity index is 311. The predicted octanol–water partition coefficient (Wildman–Crippen LogP) is 1.18. The van der Waals surface area contributed by atoms with E-state index in [1.165, 1.54) is 0 Å². The van der Waals surface area contributed by atoms with Crippen molar-refractivity contribution in [3.63, 3.8) is 0 Å². The van der Waals surface area contributed by atoms with E-state index < -0.39 is 0 Å². The van der Waals surface area contributed by atoms with Crippen LogP contribution < -0.4 is 0 Å². The van der Waals surface area contributed by atoms with Gasteiger partial charge in [0.2, 0.25) is 0 Å². The Morgan fingerprint density at radius 1 is 1.40 bits per heavy atom. The van der Waals surface area contributed by atoms with Gasteiger partial charge in [0.25, 0.3) is 0 Å². The quantitative estimate of drug-likeness (QED) is 0.737. The molecule has 0 amide bonds. The number of aliphatic hydroxyl groups excluding tert-OH is 1. The highest BCUT2D eigenvalue weighted by molar-refractivity contribution is 5.99. The molecule has 0 heterocycles. The Kier molecular flexibility index (Phi) is 4.46. The summed E-state index contributed by atoms with van der Waals surface area (Å²) in [5, 5.41) is 8.78. The van der Waals surface area contributed by atoms with Gasteiger partial charge in [0.15, 0.2) is 5.78 Å². The molecule has 15 heavy (non-hydrogen) atoms. The fourth-order valence-corrected chi connectivity index (χ4v) is 1.40. The van der Waals surface area contributed by atoms with Gasteiger partial charge in [-0.25, -0.2) is 0 Å². The average Bonchev–Trinajstić information content (AvgIpc) is 2.28. The van der Waals surface area contributed by atoms with Crippen molar-refractivity contribution in [3.8, 4) is 0 Å². The standard InChI is InChI=1S/C12H17NO2/c1-10(13(2)8-9-14)12(15)11-6-4-3-5-7-11/h3-7,10,14H,8-9H2,1-2H3. The molecule has 82 valence electrons. The van der Waals surface area contributed by atoms with Gasteiger partial charge < -0.3 is 5.11 Å². The van der Waals surface area contributed by atoms with Crippen molar-refractivity contribution < 1.29 is 9.90 Å². The molecule has 1 unspecified atom stereocenters. The summed E-state index contributed by atoms with van der Waals surface area (Å²) in [5.41, 5.74) is 0.717. The third-order valence-corrected chi connectivity index (χ3v) is 2.55. The van der Waals surface area contributed by atoms with Gasteiger partial charge in [-0.2, -0.15) is 0 Å². The molecule has 0 aromatic heterocycles. The second-order valence-electron chi connectivity index (χ2n) is 3.61. The summed E-state index contributed by atoms with van der Waals surface area (Å²) >= 11 is 0. The smallest absolute Gasteiger partial charge is 0.179 e. The first-order valence-electron chi connectivity index (χ1n) is 5.07. The summed E-state index contributed by atoms with van der Waals surface area (Å²) in [5.74, 6) is 0.0894. The lowest BCUT2D eigenvalue weighted by atomic mass is 10.0. The van der Waals surface area contributed by atoms with Gasteiger partial charge in [-0.3, -0.25) is 9.69 Å². The SMILES string of the molecule is CC(C(=O)c1ccccc1)N(C)CCO. The minimum atomic E-state index is -0.195. The van der Waals surface area contributed by atoms with Crippen LogP contribution in [0.1, 0.15) is 17.3 Å². The van der Waals surface area contributed by atoms with Crippen molar-refractivity contribution in [2.45, 2.75) is 13.0 Å². The van der Waals surface area contributed by atoms with Crippen LogP contribution in [0.15, 0.2) is 30.3 Å². The minimum absolute atomic E-state index is 0.0723. The summed E-state index contributed by atoms with van der Waals surface area (Å²) in [7, 11) is 1.84. The highest BCUT2D eigenvalue weighted by Gasteiger charge is 2.18. The van der Waals surface area contributed by atoms with E-state index in [0.717, 1.165) is 5.56 Å². The van der Waals surface area contributed by atoms with Crippen LogP contribution in [0.4, 0.5) is 0 Å². The van der Waals surface area contributed by atoms with Gasteiger partial charge in [-0.1, -0.05) is 30.3 Å². The topological polar surface area (TPSA) is 40.5 Å². The van der Waals surface area contributed by atoms with Crippen LogP contribution in [0.5, 0.6) is 0 Å². The molecule has 1 N–H and O–H groups in total. The molecular weight excluding hydrogens is 190 g/mol. The van der Waals surface area contributed by atoms with E-state index in [1.54, 1.807) is 0 Å². The number of likely N-dealkylation sites (N-methyl/N-ethyl adjacent to an activating group) is 1. The number of rotatable bonds is 5. The van der Waals surface area contributed by atoms with Crippen LogP contribution in [0, 0.1) is 0 Å². The van der Waals surface area contributed by atoms with Crippen LogP contribution >= 0.6 is 0 Å². The third kappa shape index (κ3) is 3.15. The van der Waals surface area contributed by atoms with Crippen molar-refractivity contribution in [1.29, 1.82) is 0 Å². The molecule has 3 heteroatoms. The molecule has 0 saturated carbocycles. The van der Waals surface area contributed by atoms with Gasteiger partial charge in [0.05, 0.1) is 12.6 Å². The highest BCUT2D eigenvalue weighted by atomic mass is 16.3. The molecule has 1 rings (SSSR count). The Hall–Kier alpha value is -1.19. The fraction of sp³-hybridized carbons (Fsp3) is 0.417. The maximum absolute atomic E-state index is 11.9. The van der Waals surface area contributed by atoms with E-state index >= 15 is 0 Å². The highest BCUT2D eigenvalue weighted by Crippen LogP contribution is 2.07. The Morgan fingerprint density at radius 2 is 2.00 bits per heavy atom. The van der Waals surface area contributed by atoms with Crippen molar-refractivity contribution in [3.05, 3.63) is 35.9 Å². The van der Waals surface area contributed by atoms with E-state index in [4.69, 9.17) is 5.11 Å². The number of aliphatic hydroxyl groups is 1. The summed E-state index contributed by atoms with van der Waals surface area (Å²) in [6, 6.07) is 9.02. The number of hydrogen-bond acceptors (Lipinski definition) is 3. The lowest BCUT2D eigenvalue weighted by Gasteiger charge is -2.22. The molecule has 1 aromatic carbocycles. The normalized spacial score (nSPS) is 12.8. The Labute approximate surface area is 90.3 Å².